The fourth-order valence-electron chi connectivity index (χ4n) is 1.90. The maximum atomic E-state index is 13.2. The van der Waals surface area contributed by atoms with Crippen LogP contribution < -0.4 is 11.3 Å². The third-order valence-electron chi connectivity index (χ3n) is 2.88. The maximum absolute atomic E-state index is 13.2. The Morgan fingerprint density at radius 3 is 2.90 bits per heavy atom. The number of nitrogens with two attached hydrogens (primary N) is 1. The van der Waals surface area contributed by atoms with Gasteiger partial charge in [0.2, 0.25) is 0 Å². The highest BCUT2D eigenvalue weighted by Gasteiger charge is 2.17. The Morgan fingerprint density at radius 2 is 2.24 bits per heavy atom. The minimum absolute atomic E-state index is 0.263. The number of aromatic nitrogens is 1. The zero-order chi connectivity index (χ0) is 15.4. The van der Waals surface area contributed by atoms with Crippen molar-refractivity contribution < 1.29 is 9.18 Å². The predicted molar refractivity (Wildman–Crippen MR) is 81.9 cm³/mol. The molecule has 0 saturated heterocycles. The number of amides is 1. The fourth-order valence-corrected chi connectivity index (χ4v) is 2.24. The van der Waals surface area contributed by atoms with E-state index < -0.39 is 0 Å². The lowest BCUT2D eigenvalue weighted by Gasteiger charge is -2.18. The molecule has 0 saturated carbocycles. The van der Waals surface area contributed by atoms with Crippen molar-refractivity contribution in [2.75, 3.05) is 12.5 Å². The third-order valence-corrected chi connectivity index (χ3v) is 3.31. The number of pyridine rings is 1. The van der Waals surface area contributed by atoms with E-state index in [4.69, 9.17) is 5.84 Å². The minimum atomic E-state index is -0.332. The normalized spacial score (nSPS) is 10.3. The van der Waals surface area contributed by atoms with E-state index in [1.54, 1.807) is 31.4 Å². The van der Waals surface area contributed by atoms with Crippen LogP contribution in [0.25, 0.3) is 0 Å². The van der Waals surface area contributed by atoms with Crippen LogP contribution in [0.1, 0.15) is 15.9 Å². The predicted octanol–water partition coefficient (Wildman–Crippen LogP) is 2.54. The van der Waals surface area contributed by atoms with Crippen molar-refractivity contribution in [3.05, 3.63) is 57.9 Å². The monoisotopic (exact) mass is 352 g/mol. The molecule has 0 aliphatic carbocycles. The Bertz CT molecular complexity index is 665. The van der Waals surface area contributed by atoms with Crippen LogP contribution in [0.3, 0.4) is 0 Å². The molecule has 2 aromatic rings. The number of carbonyl (C=O) groups excluding carboxylic acids is 1. The van der Waals surface area contributed by atoms with Gasteiger partial charge in [0.05, 0.1) is 5.56 Å². The molecule has 0 aliphatic rings. The standard InChI is InChI=1S/C14H14BrFN4O/c1-20(8-9-3-2-4-11(16)5-9)14(21)12-6-10(15)7-18-13(12)19-17/h2-7H,8,17H2,1H3,(H,18,19). The first-order valence-electron chi connectivity index (χ1n) is 6.13. The molecule has 2 rings (SSSR count). The molecule has 7 heteroatoms. The van der Waals surface area contributed by atoms with Gasteiger partial charge in [0.1, 0.15) is 5.82 Å². The van der Waals surface area contributed by atoms with E-state index in [0.29, 0.717) is 15.6 Å². The summed E-state index contributed by atoms with van der Waals surface area (Å²) in [6, 6.07) is 7.75. The summed E-state index contributed by atoms with van der Waals surface area (Å²) in [5, 5.41) is 0. The van der Waals surface area contributed by atoms with Crippen molar-refractivity contribution in [1.82, 2.24) is 9.88 Å². The van der Waals surface area contributed by atoms with Crippen LogP contribution in [0, 0.1) is 5.82 Å². The molecule has 1 amide bonds. The minimum Gasteiger partial charge on any atom is -0.337 e. The lowest BCUT2D eigenvalue weighted by molar-refractivity contribution is 0.0785. The van der Waals surface area contributed by atoms with Gasteiger partial charge in [0, 0.05) is 24.3 Å². The number of nitrogen functional groups attached to an aromatic ring is 1. The van der Waals surface area contributed by atoms with Gasteiger partial charge in [-0.3, -0.25) is 4.79 Å². The molecule has 21 heavy (non-hydrogen) atoms. The first-order valence-corrected chi connectivity index (χ1v) is 6.92. The smallest absolute Gasteiger partial charge is 0.257 e. The second-order valence-electron chi connectivity index (χ2n) is 4.49. The topological polar surface area (TPSA) is 71.2 Å². The van der Waals surface area contributed by atoms with Gasteiger partial charge in [0.25, 0.3) is 5.91 Å². The van der Waals surface area contributed by atoms with E-state index in [2.05, 4.69) is 26.3 Å². The molecule has 1 heterocycles. The molecule has 0 unspecified atom stereocenters. The van der Waals surface area contributed by atoms with Crippen LogP contribution >= 0.6 is 15.9 Å². The Labute approximate surface area is 130 Å². The van der Waals surface area contributed by atoms with Crippen molar-refractivity contribution in [2.45, 2.75) is 6.54 Å². The van der Waals surface area contributed by atoms with Crippen molar-refractivity contribution >= 4 is 27.7 Å². The van der Waals surface area contributed by atoms with Gasteiger partial charge < -0.3 is 10.3 Å². The number of halogens is 2. The number of rotatable bonds is 4. The molecule has 0 fully saturated rings. The van der Waals surface area contributed by atoms with Gasteiger partial charge in [-0.25, -0.2) is 15.2 Å². The summed E-state index contributed by atoms with van der Waals surface area (Å²) in [6.45, 7) is 0.285. The number of carbonyl (C=O) groups is 1. The largest absolute Gasteiger partial charge is 0.337 e. The molecular weight excluding hydrogens is 339 g/mol. The molecule has 0 bridgehead atoms. The van der Waals surface area contributed by atoms with Crippen LogP contribution in [0.2, 0.25) is 0 Å². The second kappa shape index (κ2) is 6.64. The summed E-state index contributed by atoms with van der Waals surface area (Å²) in [7, 11) is 1.63. The molecule has 1 aromatic carbocycles. The Kier molecular flexibility index (Phi) is 4.87. The molecule has 5 nitrogen and oxygen atoms in total. The average molecular weight is 353 g/mol. The first-order chi connectivity index (χ1) is 10.0. The summed E-state index contributed by atoms with van der Waals surface area (Å²) in [6.07, 6.45) is 1.54. The van der Waals surface area contributed by atoms with Gasteiger partial charge in [-0.05, 0) is 39.7 Å². The van der Waals surface area contributed by atoms with Crippen LogP contribution in [-0.4, -0.2) is 22.8 Å². The van der Waals surface area contributed by atoms with E-state index in [1.165, 1.54) is 17.0 Å². The Balaban J connectivity index is 2.21. The highest BCUT2D eigenvalue weighted by Crippen LogP contribution is 2.19. The van der Waals surface area contributed by atoms with E-state index in [0.717, 1.165) is 0 Å². The number of hydrogen-bond donors (Lipinski definition) is 2. The lowest BCUT2D eigenvalue weighted by Crippen LogP contribution is -2.28. The molecule has 0 aliphatic heterocycles. The van der Waals surface area contributed by atoms with Crippen molar-refractivity contribution in [3.63, 3.8) is 0 Å². The number of anilines is 1. The maximum Gasteiger partial charge on any atom is 0.257 e. The summed E-state index contributed by atoms with van der Waals surface area (Å²) in [5.41, 5.74) is 3.44. The average Bonchev–Trinajstić information content (AvgIpc) is 2.46. The van der Waals surface area contributed by atoms with E-state index in [9.17, 15) is 9.18 Å². The lowest BCUT2D eigenvalue weighted by atomic mass is 10.2. The van der Waals surface area contributed by atoms with Crippen LogP contribution in [-0.2, 0) is 6.54 Å². The quantitative estimate of drug-likeness (QED) is 0.655. The van der Waals surface area contributed by atoms with Gasteiger partial charge in [0.15, 0.2) is 5.82 Å². The Morgan fingerprint density at radius 1 is 1.48 bits per heavy atom. The van der Waals surface area contributed by atoms with Crippen LogP contribution in [0.5, 0.6) is 0 Å². The molecule has 0 spiro atoms. The second-order valence-corrected chi connectivity index (χ2v) is 5.40. The highest BCUT2D eigenvalue weighted by molar-refractivity contribution is 9.10. The first kappa shape index (κ1) is 15.4. The van der Waals surface area contributed by atoms with Crippen molar-refractivity contribution in [3.8, 4) is 0 Å². The van der Waals surface area contributed by atoms with Crippen LogP contribution in [0.4, 0.5) is 10.2 Å². The fraction of sp³-hybridized carbons (Fsp3) is 0.143. The van der Waals surface area contributed by atoms with E-state index in [1.807, 2.05) is 0 Å². The zero-order valence-electron chi connectivity index (χ0n) is 11.3. The Hall–Kier alpha value is -1.99. The third kappa shape index (κ3) is 3.77. The molecule has 1 aromatic heterocycles. The number of hydrogen-bond acceptors (Lipinski definition) is 4. The summed E-state index contributed by atoms with van der Waals surface area (Å²) in [5.74, 6) is 5.05. The van der Waals surface area contributed by atoms with E-state index >= 15 is 0 Å². The number of benzene rings is 1. The van der Waals surface area contributed by atoms with E-state index in [-0.39, 0.29) is 24.1 Å². The SMILES string of the molecule is CN(Cc1cccc(F)c1)C(=O)c1cc(Br)cnc1NN. The van der Waals surface area contributed by atoms with Gasteiger partial charge in [-0.15, -0.1) is 0 Å². The number of nitrogens with zero attached hydrogens (tertiary/aromatic N) is 2. The summed E-state index contributed by atoms with van der Waals surface area (Å²) < 4.78 is 13.8. The van der Waals surface area contributed by atoms with Gasteiger partial charge >= 0.3 is 0 Å². The molecule has 0 atom stereocenters. The molecule has 0 radical (unpaired) electrons. The highest BCUT2D eigenvalue weighted by atomic mass is 79.9. The van der Waals surface area contributed by atoms with Gasteiger partial charge in [-0.1, -0.05) is 12.1 Å². The van der Waals surface area contributed by atoms with Gasteiger partial charge in [-0.2, -0.15) is 0 Å². The van der Waals surface area contributed by atoms with Crippen molar-refractivity contribution in [1.29, 1.82) is 0 Å². The number of hydrazine groups is 1. The molecular formula is C14H14BrFN4O. The summed E-state index contributed by atoms with van der Waals surface area (Å²) in [4.78, 5) is 17.9. The van der Waals surface area contributed by atoms with Crippen molar-refractivity contribution in [2.24, 2.45) is 5.84 Å². The molecule has 3 N–H and O–H groups in total. The summed E-state index contributed by atoms with van der Waals surface area (Å²) >= 11 is 3.27. The van der Waals surface area contributed by atoms with Crippen LogP contribution in [0.15, 0.2) is 41.0 Å². The molecule has 110 valence electrons. The number of nitrogens with one attached hydrogen (secondary N) is 1. The zero-order valence-corrected chi connectivity index (χ0v) is 12.9.